The first-order valence-corrected chi connectivity index (χ1v) is 6.32. The number of nitrogens with zero attached hydrogens (tertiary/aromatic N) is 2. The number of Topliss-reactive ketones (excluding diaryl/α,β-unsaturated/α-hetero) is 1. The number of ketones is 1. The van der Waals surface area contributed by atoms with E-state index in [9.17, 15) is 14.9 Å². The summed E-state index contributed by atoms with van der Waals surface area (Å²) in [7, 11) is 0. The van der Waals surface area contributed by atoms with Gasteiger partial charge in [-0.1, -0.05) is 12.1 Å². The highest BCUT2D eigenvalue weighted by Crippen LogP contribution is 2.27. The van der Waals surface area contributed by atoms with E-state index in [4.69, 9.17) is 11.6 Å². The van der Waals surface area contributed by atoms with Gasteiger partial charge in [-0.05, 0) is 0 Å². The van der Waals surface area contributed by atoms with Crippen LogP contribution in [0.3, 0.4) is 0 Å². The number of non-ortho nitro benzene ring substituents is 1. The molecule has 0 fully saturated rings. The minimum Gasteiger partial charge on any atom is -0.291 e. The van der Waals surface area contributed by atoms with Gasteiger partial charge in [0.1, 0.15) is 10.7 Å². The minimum absolute atomic E-state index is 0.00656. The van der Waals surface area contributed by atoms with Crippen molar-refractivity contribution < 1.29 is 9.72 Å². The fraction of sp³-hybridized carbons (Fsp3) is 0.0909. The third-order valence-electron chi connectivity index (χ3n) is 2.22. The fourth-order valence-electron chi connectivity index (χ4n) is 1.36. The summed E-state index contributed by atoms with van der Waals surface area (Å²) in [6.45, 7) is 0. The van der Waals surface area contributed by atoms with Crippen molar-refractivity contribution in [3.05, 3.63) is 45.5 Å². The van der Waals surface area contributed by atoms with Crippen molar-refractivity contribution in [3.8, 4) is 10.6 Å². The van der Waals surface area contributed by atoms with Crippen molar-refractivity contribution in [2.24, 2.45) is 0 Å². The van der Waals surface area contributed by atoms with Gasteiger partial charge in [-0.15, -0.1) is 22.9 Å². The number of carbonyl (C=O) groups is 1. The third-order valence-corrected chi connectivity index (χ3v) is 3.35. The number of hydrogen-bond acceptors (Lipinski definition) is 5. The van der Waals surface area contributed by atoms with E-state index in [2.05, 4.69) is 4.98 Å². The van der Waals surface area contributed by atoms with E-state index in [1.54, 1.807) is 17.5 Å². The molecular formula is C11H7ClN2O3S. The molecule has 0 radical (unpaired) electrons. The smallest absolute Gasteiger partial charge is 0.270 e. The lowest BCUT2D eigenvalue weighted by atomic mass is 10.2. The molecule has 0 unspecified atom stereocenters. The van der Waals surface area contributed by atoms with Crippen LogP contribution in [0.5, 0.6) is 0 Å². The fourth-order valence-corrected chi connectivity index (χ4v) is 2.31. The number of alkyl halides is 1. The molecule has 0 amide bonds. The largest absolute Gasteiger partial charge is 0.291 e. The number of halogens is 1. The van der Waals surface area contributed by atoms with E-state index < -0.39 is 4.92 Å². The number of nitro groups is 1. The van der Waals surface area contributed by atoms with E-state index in [0.717, 1.165) is 0 Å². The predicted molar refractivity (Wildman–Crippen MR) is 69.3 cm³/mol. The normalized spacial score (nSPS) is 10.3. The number of hydrogen-bond donors (Lipinski definition) is 0. The van der Waals surface area contributed by atoms with Gasteiger partial charge >= 0.3 is 0 Å². The lowest BCUT2D eigenvalue weighted by Crippen LogP contribution is -2.00. The Bertz CT molecular complexity index is 612. The Balaban J connectivity index is 2.37. The van der Waals surface area contributed by atoms with Crippen LogP contribution in [0.4, 0.5) is 5.69 Å². The van der Waals surface area contributed by atoms with E-state index in [1.807, 2.05) is 0 Å². The highest BCUT2D eigenvalue weighted by atomic mass is 35.5. The molecule has 0 atom stereocenters. The maximum Gasteiger partial charge on any atom is 0.270 e. The van der Waals surface area contributed by atoms with Gasteiger partial charge in [0.05, 0.1) is 10.8 Å². The number of benzene rings is 1. The molecule has 0 bridgehead atoms. The zero-order chi connectivity index (χ0) is 13.1. The Hall–Kier alpha value is -1.79. The van der Waals surface area contributed by atoms with Crippen molar-refractivity contribution in [3.63, 3.8) is 0 Å². The number of aromatic nitrogens is 1. The minimum atomic E-state index is -0.470. The first kappa shape index (κ1) is 12.7. The van der Waals surface area contributed by atoms with Crippen molar-refractivity contribution in [2.45, 2.75) is 0 Å². The zero-order valence-electron chi connectivity index (χ0n) is 9.00. The number of carbonyl (C=O) groups excluding carboxylic acids is 1. The van der Waals surface area contributed by atoms with Crippen molar-refractivity contribution in [1.82, 2.24) is 4.98 Å². The van der Waals surface area contributed by atoms with Gasteiger partial charge in [0.15, 0.2) is 5.78 Å². The van der Waals surface area contributed by atoms with Crippen molar-refractivity contribution in [1.29, 1.82) is 0 Å². The highest BCUT2D eigenvalue weighted by molar-refractivity contribution is 7.13. The quantitative estimate of drug-likeness (QED) is 0.374. The molecule has 5 nitrogen and oxygen atoms in total. The lowest BCUT2D eigenvalue weighted by Gasteiger charge is -1.96. The summed E-state index contributed by atoms with van der Waals surface area (Å²) in [5.41, 5.74) is 0.896. The highest BCUT2D eigenvalue weighted by Gasteiger charge is 2.13. The molecule has 2 aromatic rings. The second kappa shape index (κ2) is 5.24. The molecule has 0 saturated carbocycles. The Morgan fingerprint density at radius 3 is 2.94 bits per heavy atom. The van der Waals surface area contributed by atoms with Crippen molar-refractivity contribution in [2.75, 3.05) is 5.88 Å². The molecule has 18 heavy (non-hydrogen) atoms. The van der Waals surface area contributed by atoms with Gasteiger partial charge in [0.2, 0.25) is 0 Å². The lowest BCUT2D eigenvalue weighted by molar-refractivity contribution is -0.384. The maximum atomic E-state index is 11.3. The summed E-state index contributed by atoms with van der Waals surface area (Å²) < 4.78 is 0. The monoisotopic (exact) mass is 282 g/mol. The van der Waals surface area contributed by atoms with Crippen LogP contribution in [0.2, 0.25) is 0 Å². The average Bonchev–Trinajstić information content (AvgIpc) is 2.87. The summed E-state index contributed by atoms with van der Waals surface area (Å²) in [6.07, 6.45) is 0. The molecule has 1 aromatic carbocycles. The van der Waals surface area contributed by atoms with Gasteiger partial charge < -0.3 is 0 Å². The second-order valence-corrected chi connectivity index (χ2v) is 4.53. The Labute approximate surface area is 111 Å². The molecule has 1 heterocycles. The first-order valence-electron chi connectivity index (χ1n) is 4.91. The summed E-state index contributed by atoms with van der Waals surface area (Å²) in [4.78, 5) is 25.6. The van der Waals surface area contributed by atoms with Gasteiger partial charge in [-0.2, -0.15) is 0 Å². The Kier molecular flexibility index (Phi) is 3.69. The molecule has 0 N–H and O–H groups in total. The molecule has 0 aliphatic heterocycles. The van der Waals surface area contributed by atoms with E-state index in [1.165, 1.54) is 23.5 Å². The Morgan fingerprint density at radius 1 is 1.50 bits per heavy atom. The molecule has 7 heteroatoms. The predicted octanol–water partition coefficient (Wildman–Crippen LogP) is 3.14. The van der Waals surface area contributed by atoms with Crippen molar-refractivity contribution >= 4 is 34.4 Å². The maximum absolute atomic E-state index is 11.3. The van der Waals surface area contributed by atoms with Crippen LogP contribution >= 0.6 is 22.9 Å². The van der Waals surface area contributed by atoms with E-state index in [0.29, 0.717) is 10.6 Å². The number of nitro benzene ring substituents is 1. The molecule has 0 saturated heterocycles. The molecule has 92 valence electrons. The number of thiazole rings is 1. The number of rotatable bonds is 4. The standard InChI is InChI=1S/C11H7ClN2O3S/c12-5-10(15)9-6-18-11(13-9)7-2-1-3-8(4-7)14(16)17/h1-4,6H,5H2. The van der Waals surface area contributed by atoms with Crippen LogP contribution in [0.15, 0.2) is 29.6 Å². The van der Waals surface area contributed by atoms with Crippen LogP contribution < -0.4 is 0 Å². The van der Waals surface area contributed by atoms with E-state index >= 15 is 0 Å². The summed E-state index contributed by atoms with van der Waals surface area (Å²) in [5, 5.41) is 12.8. The molecule has 0 aliphatic carbocycles. The van der Waals surface area contributed by atoms with Crippen LogP contribution in [0.1, 0.15) is 10.5 Å². The summed E-state index contributed by atoms with van der Waals surface area (Å²) in [5.74, 6) is -0.387. The molecule has 1 aromatic heterocycles. The van der Waals surface area contributed by atoms with Crippen LogP contribution in [0, 0.1) is 10.1 Å². The van der Waals surface area contributed by atoms with Gasteiger partial charge in [0, 0.05) is 23.1 Å². The SMILES string of the molecule is O=C(CCl)c1csc(-c2cccc([N+](=O)[O-])c2)n1. The average molecular weight is 283 g/mol. The van der Waals surface area contributed by atoms with Crippen LogP contribution in [-0.4, -0.2) is 21.6 Å². The summed E-state index contributed by atoms with van der Waals surface area (Å²) >= 11 is 6.69. The molecular weight excluding hydrogens is 276 g/mol. The third kappa shape index (κ3) is 2.55. The van der Waals surface area contributed by atoms with Crippen LogP contribution in [-0.2, 0) is 0 Å². The molecule has 0 aliphatic rings. The zero-order valence-corrected chi connectivity index (χ0v) is 10.6. The second-order valence-electron chi connectivity index (χ2n) is 3.40. The molecule has 0 spiro atoms. The Morgan fingerprint density at radius 2 is 2.28 bits per heavy atom. The van der Waals surface area contributed by atoms with Gasteiger partial charge in [-0.3, -0.25) is 14.9 Å². The van der Waals surface area contributed by atoms with E-state index in [-0.39, 0.29) is 23.0 Å². The topological polar surface area (TPSA) is 73.1 Å². The molecule has 2 rings (SSSR count). The van der Waals surface area contributed by atoms with Gasteiger partial charge in [-0.25, -0.2) is 4.98 Å². The first-order chi connectivity index (χ1) is 8.61. The van der Waals surface area contributed by atoms with Gasteiger partial charge in [0.25, 0.3) is 5.69 Å². The summed E-state index contributed by atoms with van der Waals surface area (Å²) in [6, 6.07) is 6.12. The van der Waals surface area contributed by atoms with Crippen LogP contribution in [0.25, 0.3) is 10.6 Å².